The second kappa shape index (κ2) is 5.80. The second-order valence-electron chi connectivity index (χ2n) is 4.46. The highest BCUT2D eigenvalue weighted by Crippen LogP contribution is 2.20. The molecule has 6 heteroatoms. The van der Waals surface area contributed by atoms with E-state index in [0.717, 1.165) is 23.5 Å². The van der Waals surface area contributed by atoms with Crippen LogP contribution in [0.5, 0.6) is 0 Å². The predicted molar refractivity (Wildman–Crippen MR) is 70.5 cm³/mol. The number of thiazole rings is 1. The lowest BCUT2D eigenvalue weighted by Crippen LogP contribution is -2.31. The molecule has 1 saturated heterocycles. The van der Waals surface area contributed by atoms with Crippen molar-refractivity contribution in [3.8, 4) is 0 Å². The molecule has 0 saturated carbocycles. The highest BCUT2D eigenvalue weighted by molar-refractivity contribution is 7.09. The van der Waals surface area contributed by atoms with Crippen LogP contribution in [0.3, 0.4) is 0 Å². The van der Waals surface area contributed by atoms with Gasteiger partial charge in [0, 0.05) is 30.7 Å². The molecular formula is C12H15ClN2O2S. The van der Waals surface area contributed by atoms with Crippen LogP contribution in [0, 0.1) is 5.92 Å². The van der Waals surface area contributed by atoms with Gasteiger partial charge in [-0.1, -0.05) is 6.92 Å². The quantitative estimate of drug-likeness (QED) is 0.616. The molecule has 1 aliphatic rings. The summed E-state index contributed by atoms with van der Waals surface area (Å²) in [4.78, 5) is 29.0. The zero-order valence-corrected chi connectivity index (χ0v) is 11.8. The van der Waals surface area contributed by atoms with Crippen LogP contribution < -0.4 is 0 Å². The molecule has 1 aromatic heterocycles. The minimum atomic E-state index is -0.153. The van der Waals surface area contributed by atoms with Crippen molar-refractivity contribution in [2.45, 2.75) is 32.1 Å². The van der Waals surface area contributed by atoms with Gasteiger partial charge in [0.25, 0.3) is 0 Å². The Hall–Kier alpha value is -0.940. The number of likely N-dealkylation sites (tertiary alicyclic amines) is 1. The van der Waals surface area contributed by atoms with Gasteiger partial charge in [-0.25, -0.2) is 4.98 Å². The first-order valence-corrected chi connectivity index (χ1v) is 7.36. The maximum Gasteiger partial charge on any atom is 0.232 e. The number of alkyl halides is 1. The molecule has 2 amide bonds. The molecule has 1 aromatic rings. The van der Waals surface area contributed by atoms with E-state index in [1.165, 1.54) is 4.90 Å². The molecule has 1 fully saturated rings. The van der Waals surface area contributed by atoms with Gasteiger partial charge < -0.3 is 0 Å². The summed E-state index contributed by atoms with van der Waals surface area (Å²) in [6.45, 7) is 2.30. The Morgan fingerprint density at radius 3 is 2.89 bits per heavy atom. The number of hydrogen-bond donors (Lipinski definition) is 0. The Kier molecular flexibility index (Phi) is 4.35. The summed E-state index contributed by atoms with van der Waals surface area (Å²) in [5, 5.41) is 2.95. The Bertz CT molecular complexity index is 461. The van der Waals surface area contributed by atoms with E-state index in [1.807, 2.05) is 5.38 Å². The molecule has 18 heavy (non-hydrogen) atoms. The third-order valence-corrected chi connectivity index (χ3v) is 4.21. The summed E-state index contributed by atoms with van der Waals surface area (Å²) in [6, 6.07) is 0. The third-order valence-electron chi connectivity index (χ3n) is 2.98. The van der Waals surface area contributed by atoms with Crippen molar-refractivity contribution in [1.82, 2.24) is 9.88 Å². The van der Waals surface area contributed by atoms with E-state index in [1.54, 1.807) is 18.3 Å². The summed E-state index contributed by atoms with van der Waals surface area (Å²) >= 11 is 7.25. The summed E-state index contributed by atoms with van der Waals surface area (Å²) in [5.74, 6) is 0.186. The second-order valence-corrected chi connectivity index (χ2v) is 5.67. The van der Waals surface area contributed by atoms with E-state index in [2.05, 4.69) is 4.98 Å². The Labute approximate surface area is 115 Å². The average Bonchev–Trinajstić information content (AvgIpc) is 2.89. The number of amides is 2. The van der Waals surface area contributed by atoms with Crippen LogP contribution >= 0.6 is 22.9 Å². The zero-order chi connectivity index (χ0) is 13.1. The van der Waals surface area contributed by atoms with Gasteiger partial charge in [-0.15, -0.1) is 22.9 Å². The largest absolute Gasteiger partial charge is 0.282 e. The normalized spacial score (nSPS) is 19.9. The van der Waals surface area contributed by atoms with E-state index in [4.69, 9.17) is 11.6 Å². The molecular weight excluding hydrogens is 272 g/mol. The number of carbonyl (C=O) groups is 2. The van der Waals surface area contributed by atoms with Crippen molar-refractivity contribution in [2.75, 3.05) is 6.54 Å². The smallest absolute Gasteiger partial charge is 0.232 e. The zero-order valence-electron chi connectivity index (χ0n) is 10.2. The van der Waals surface area contributed by atoms with Crippen molar-refractivity contribution in [1.29, 1.82) is 0 Å². The number of nitrogens with zero attached hydrogens (tertiary/aromatic N) is 2. The van der Waals surface area contributed by atoms with Crippen molar-refractivity contribution < 1.29 is 9.59 Å². The molecule has 0 aromatic carbocycles. The third kappa shape index (κ3) is 2.90. The fraction of sp³-hybridized carbons (Fsp3) is 0.583. The Morgan fingerprint density at radius 1 is 1.56 bits per heavy atom. The van der Waals surface area contributed by atoms with Gasteiger partial charge in [-0.05, 0) is 6.42 Å². The SMILES string of the molecule is CC1CC(=O)N(CCCc2nc(CCl)cs2)C1=O. The van der Waals surface area contributed by atoms with E-state index in [9.17, 15) is 9.59 Å². The summed E-state index contributed by atoms with van der Waals surface area (Å²) < 4.78 is 0. The number of aromatic nitrogens is 1. The molecule has 2 heterocycles. The van der Waals surface area contributed by atoms with Crippen LogP contribution in [-0.4, -0.2) is 28.2 Å². The molecule has 0 bridgehead atoms. The molecule has 98 valence electrons. The fourth-order valence-corrected chi connectivity index (χ4v) is 3.07. The van der Waals surface area contributed by atoms with Crippen LogP contribution in [0.15, 0.2) is 5.38 Å². The molecule has 0 radical (unpaired) electrons. The van der Waals surface area contributed by atoms with Crippen LogP contribution in [0.1, 0.15) is 30.5 Å². The molecule has 0 spiro atoms. The topological polar surface area (TPSA) is 50.3 Å². The maximum atomic E-state index is 11.7. The number of imide groups is 1. The number of hydrogen-bond acceptors (Lipinski definition) is 4. The molecule has 1 unspecified atom stereocenters. The van der Waals surface area contributed by atoms with Crippen molar-refractivity contribution >= 4 is 34.8 Å². The minimum Gasteiger partial charge on any atom is -0.282 e. The lowest BCUT2D eigenvalue weighted by Gasteiger charge is -2.13. The van der Waals surface area contributed by atoms with Crippen LogP contribution in [0.25, 0.3) is 0 Å². The van der Waals surface area contributed by atoms with Gasteiger partial charge in [-0.3, -0.25) is 14.5 Å². The first kappa shape index (κ1) is 13.5. The molecule has 1 aliphatic heterocycles. The number of halogens is 1. The maximum absolute atomic E-state index is 11.7. The minimum absolute atomic E-state index is 0.0411. The standard InChI is InChI=1S/C12H15ClN2O2S/c1-8-5-11(16)15(12(8)17)4-2-3-10-14-9(6-13)7-18-10/h7-8H,2-6H2,1H3. The highest BCUT2D eigenvalue weighted by atomic mass is 35.5. The molecule has 2 rings (SSSR count). The van der Waals surface area contributed by atoms with Gasteiger partial charge >= 0.3 is 0 Å². The number of rotatable bonds is 5. The summed E-state index contributed by atoms with van der Waals surface area (Å²) in [5.41, 5.74) is 0.888. The Morgan fingerprint density at radius 2 is 2.33 bits per heavy atom. The van der Waals surface area contributed by atoms with E-state index < -0.39 is 0 Å². The van der Waals surface area contributed by atoms with Crippen molar-refractivity contribution in [3.63, 3.8) is 0 Å². The summed E-state index contributed by atoms with van der Waals surface area (Å²) in [6.07, 6.45) is 1.90. The van der Waals surface area contributed by atoms with Crippen molar-refractivity contribution in [2.24, 2.45) is 5.92 Å². The van der Waals surface area contributed by atoms with Gasteiger partial charge in [0.15, 0.2) is 0 Å². The van der Waals surface area contributed by atoms with Gasteiger partial charge in [0.2, 0.25) is 11.8 Å². The van der Waals surface area contributed by atoms with E-state index in [-0.39, 0.29) is 17.7 Å². The van der Waals surface area contributed by atoms with Gasteiger partial charge in [0.1, 0.15) is 0 Å². The van der Waals surface area contributed by atoms with Crippen LogP contribution in [0.4, 0.5) is 0 Å². The Balaban J connectivity index is 1.82. The molecule has 0 aliphatic carbocycles. The lowest BCUT2D eigenvalue weighted by atomic mass is 10.1. The lowest BCUT2D eigenvalue weighted by molar-refractivity contribution is -0.139. The molecule has 1 atom stereocenters. The van der Waals surface area contributed by atoms with Crippen LogP contribution in [0.2, 0.25) is 0 Å². The molecule has 0 N–H and O–H groups in total. The first-order valence-electron chi connectivity index (χ1n) is 5.95. The number of aryl methyl sites for hydroxylation is 1. The highest BCUT2D eigenvalue weighted by Gasteiger charge is 2.34. The van der Waals surface area contributed by atoms with Gasteiger partial charge in [0.05, 0.1) is 16.6 Å². The summed E-state index contributed by atoms with van der Waals surface area (Å²) in [7, 11) is 0. The fourth-order valence-electron chi connectivity index (χ4n) is 2.00. The van der Waals surface area contributed by atoms with Crippen LogP contribution in [-0.2, 0) is 21.9 Å². The average molecular weight is 287 g/mol. The van der Waals surface area contributed by atoms with Gasteiger partial charge in [-0.2, -0.15) is 0 Å². The molecule has 4 nitrogen and oxygen atoms in total. The van der Waals surface area contributed by atoms with Crippen molar-refractivity contribution in [3.05, 3.63) is 16.1 Å². The predicted octanol–water partition coefficient (Wildman–Crippen LogP) is 2.21. The monoisotopic (exact) mass is 286 g/mol. The number of carbonyl (C=O) groups excluding carboxylic acids is 2. The van der Waals surface area contributed by atoms with E-state index in [0.29, 0.717) is 18.8 Å². The van der Waals surface area contributed by atoms with E-state index >= 15 is 0 Å². The first-order chi connectivity index (χ1) is 8.61.